The van der Waals surface area contributed by atoms with E-state index in [9.17, 15) is 4.79 Å². The Morgan fingerprint density at radius 3 is 2.94 bits per heavy atom. The molecule has 0 bridgehead atoms. The summed E-state index contributed by atoms with van der Waals surface area (Å²) in [6.45, 7) is 1.89. The normalized spacial score (nSPS) is 10.4. The van der Waals surface area contributed by atoms with E-state index in [2.05, 4.69) is 4.98 Å². The summed E-state index contributed by atoms with van der Waals surface area (Å²) in [5.74, 6) is 0.0784. The maximum atomic E-state index is 11.9. The van der Waals surface area contributed by atoms with Gasteiger partial charge in [-0.25, -0.2) is 4.98 Å². The Balaban J connectivity index is 2.18. The third kappa shape index (κ3) is 2.49. The Morgan fingerprint density at radius 1 is 1.50 bits per heavy atom. The Hall–Kier alpha value is -1.19. The molecule has 82 valence electrons. The number of rotatable bonds is 3. The number of halogens is 1. The van der Waals surface area contributed by atoms with Crippen LogP contribution in [-0.2, 0) is 6.42 Å². The van der Waals surface area contributed by atoms with E-state index in [1.54, 1.807) is 18.3 Å². The van der Waals surface area contributed by atoms with E-state index < -0.39 is 0 Å². The summed E-state index contributed by atoms with van der Waals surface area (Å²) in [4.78, 5) is 16.0. The maximum absolute atomic E-state index is 11.9. The van der Waals surface area contributed by atoms with E-state index in [0.717, 1.165) is 10.6 Å². The van der Waals surface area contributed by atoms with E-state index in [-0.39, 0.29) is 5.78 Å². The van der Waals surface area contributed by atoms with Crippen molar-refractivity contribution < 1.29 is 4.79 Å². The second kappa shape index (κ2) is 4.76. The lowest BCUT2D eigenvalue weighted by atomic mass is 10.1. The molecule has 0 saturated carbocycles. The Kier molecular flexibility index (Phi) is 3.36. The lowest BCUT2D eigenvalue weighted by Gasteiger charge is -2.02. The second-order valence-corrected chi connectivity index (χ2v) is 4.88. The van der Waals surface area contributed by atoms with Crippen molar-refractivity contribution >= 4 is 28.7 Å². The number of hydrogen-bond donors (Lipinski definition) is 0. The van der Waals surface area contributed by atoms with Gasteiger partial charge in [-0.15, -0.1) is 11.3 Å². The molecule has 2 rings (SSSR count). The molecule has 0 saturated heterocycles. The third-order valence-corrected chi connectivity index (χ3v) is 3.48. The zero-order chi connectivity index (χ0) is 11.5. The van der Waals surface area contributed by atoms with Crippen LogP contribution in [0.3, 0.4) is 0 Å². The summed E-state index contributed by atoms with van der Waals surface area (Å²) in [5.41, 5.74) is 1.61. The van der Waals surface area contributed by atoms with Crippen LogP contribution in [0.2, 0.25) is 5.02 Å². The predicted octanol–water partition coefficient (Wildman–Crippen LogP) is 3.53. The molecule has 1 heterocycles. The molecule has 0 unspecified atom stereocenters. The fraction of sp³-hybridized carbons (Fsp3) is 0.167. The molecule has 0 spiro atoms. The summed E-state index contributed by atoms with van der Waals surface area (Å²) in [7, 11) is 0. The quantitative estimate of drug-likeness (QED) is 0.781. The zero-order valence-corrected chi connectivity index (χ0v) is 10.3. The van der Waals surface area contributed by atoms with Gasteiger partial charge in [-0.05, 0) is 30.7 Å². The maximum Gasteiger partial charge on any atom is 0.169 e. The summed E-state index contributed by atoms with van der Waals surface area (Å²) in [5, 5.41) is 3.40. The molecule has 1 aromatic heterocycles. The van der Waals surface area contributed by atoms with Crippen LogP contribution in [-0.4, -0.2) is 10.8 Å². The predicted molar refractivity (Wildman–Crippen MR) is 66.3 cm³/mol. The van der Waals surface area contributed by atoms with Crippen molar-refractivity contribution in [3.05, 3.63) is 50.9 Å². The summed E-state index contributed by atoms with van der Waals surface area (Å²) in [6.07, 6.45) is 2.07. The summed E-state index contributed by atoms with van der Waals surface area (Å²) < 4.78 is 0. The Bertz CT molecular complexity index is 508. The number of aromatic nitrogens is 1. The highest BCUT2D eigenvalue weighted by Gasteiger charge is 2.09. The first-order valence-electron chi connectivity index (χ1n) is 4.84. The molecule has 0 N–H and O–H groups in total. The molecule has 0 amide bonds. The molecule has 1 aromatic carbocycles. The monoisotopic (exact) mass is 251 g/mol. The van der Waals surface area contributed by atoms with E-state index in [0.29, 0.717) is 17.0 Å². The van der Waals surface area contributed by atoms with Gasteiger partial charge in [0.2, 0.25) is 0 Å². The van der Waals surface area contributed by atoms with Gasteiger partial charge in [0.1, 0.15) is 5.01 Å². The molecular weight excluding hydrogens is 242 g/mol. The number of hydrogen-bond acceptors (Lipinski definition) is 3. The first kappa shape index (κ1) is 11.3. The zero-order valence-electron chi connectivity index (χ0n) is 8.74. The molecule has 4 heteroatoms. The number of ketones is 1. The molecule has 0 aliphatic rings. The third-order valence-electron chi connectivity index (χ3n) is 2.28. The van der Waals surface area contributed by atoms with Crippen molar-refractivity contribution in [1.82, 2.24) is 4.98 Å². The molecule has 0 radical (unpaired) electrons. The minimum atomic E-state index is 0.0784. The van der Waals surface area contributed by atoms with Crippen LogP contribution in [0.5, 0.6) is 0 Å². The highest BCUT2D eigenvalue weighted by atomic mass is 35.5. The van der Waals surface area contributed by atoms with Gasteiger partial charge in [0.05, 0.1) is 6.42 Å². The topological polar surface area (TPSA) is 30.0 Å². The smallest absolute Gasteiger partial charge is 0.169 e. The lowest BCUT2D eigenvalue weighted by molar-refractivity contribution is 0.0993. The van der Waals surface area contributed by atoms with Gasteiger partial charge in [-0.2, -0.15) is 0 Å². The van der Waals surface area contributed by atoms with Crippen molar-refractivity contribution in [3.8, 4) is 0 Å². The van der Waals surface area contributed by atoms with Crippen molar-refractivity contribution in [2.24, 2.45) is 0 Å². The van der Waals surface area contributed by atoms with E-state index >= 15 is 0 Å². The minimum absolute atomic E-state index is 0.0784. The van der Waals surface area contributed by atoms with Crippen molar-refractivity contribution in [2.45, 2.75) is 13.3 Å². The largest absolute Gasteiger partial charge is 0.294 e. The van der Waals surface area contributed by atoms with Crippen LogP contribution in [0.15, 0.2) is 29.8 Å². The number of thiazole rings is 1. The Morgan fingerprint density at radius 2 is 2.31 bits per heavy atom. The number of Topliss-reactive ketones (excluding diaryl/α,β-unsaturated/α-hetero) is 1. The van der Waals surface area contributed by atoms with Gasteiger partial charge in [-0.1, -0.05) is 11.6 Å². The van der Waals surface area contributed by atoms with Gasteiger partial charge in [-0.3, -0.25) is 4.79 Å². The number of nitrogens with zero attached hydrogens (tertiary/aromatic N) is 1. The lowest BCUT2D eigenvalue weighted by Crippen LogP contribution is -2.03. The number of benzene rings is 1. The molecule has 0 aliphatic heterocycles. The summed E-state index contributed by atoms with van der Waals surface area (Å²) >= 11 is 7.40. The fourth-order valence-electron chi connectivity index (χ4n) is 1.40. The van der Waals surface area contributed by atoms with Crippen molar-refractivity contribution in [2.75, 3.05) is 0 Å². The highest BCUT2D eigenvalue weighted by molar-refractivity contribution is 7.09. The van der Waals surface area contributed by atoms with Gasteiger partial charge in [0.15, 0.2) is 5.78 Å². The first-order chi connectivity index (χ1) is 7.66. The molecule has 2 aromatic rings. The molecule has 0 fully saturated rings. The highest BCUT2D eigenvalue weighted by Crippen LogP contribution is 2.18. The summed E-state index contributed by atoms with van der Waals surface area (Å²) in [6, 6.07) is 5.33. The van der Waals surface area contributed by atoms with Crippen molar-refractivity contribution in [3.63, 3.8) is 0 Å². The van der Waals surface area contributed by atoms with Crippen molar-refractivity contribution in [1.29, 1.82) is 0 Å². The number of aryl methyl sites for hydroxylation is 1. The van der Waals surface area contributed by atoms with Crippen LogP contribution in [0, 0.1) is 6.92 Å². The number of carbonyl (C=O) groups excluding carboxylic acids is 1. The van der Waals surface area contributed by atoms with Gasteiger partial charge in [0, 0.05) is 22.2 Å². The SMILES string of the molecule is Cc1cc(C(=O)Cc2nccs2)ccc1Cl. The average Bonchev–Trinajstić information content (AvgIpc) is 2.74. The molecule has 16 heavy (non-hydrogen) atoms. The standard InChI is InChI=1S/C12H10ClNOS/c1-8-6-9(2-3-10(8)13)11(15)7-12-14-4-5-16-12/h2-6H,7H2,1H3. The average molecular weight is 252 g/mol. The van der Waals surface area contributed by atoms with Crippen LogP contribution < -0.4 is 0 Å². The van der Waals surface area contributed by atoms with Gasteiger partial charge < -0.3 is 0 Å². The molecule has 2 nitrogen and oxygen atoms in total. The van der Waals surface area contributed by atoms with Crippen LogP contribution in [0.1, 0.15) is 20.9 Å². The van der Waals surface area contributed by atoms with Gasteiger partial charge in [0.25, 0.3) is 0 Å². The second-order valence-electron chi connectivity index (χ2n) is 3.49. The van der Waals surface area contributed by atoms with Crippen LogP contribution >= 0.6 is 22.9 Å². The van der Waals surface area contributed by atoms with E-state index in [4.69, 9.17) is 11.6 Å². The van der Waals surface area contributed by atoms with Crippen LogP contribution in [0.4, 0.5) is 0 Å². The molecule has 0 aliphatic carbocycles. The fourth-order valence-corrected chi connectivity index (χ4v) is 2.13. The number of carbonyl (C=O) groups is 1. The van der Waals surface area contributed by atoms with Crippen LogP contribution in [0.25, 0.3) is 0 Å². The molecule has 0 atom stereocenters. The first-order valence-corrected chi connectivity index (χ1v) is 6.10. The van der Waals surface area contributed by atoms with E-state index in [1.807, 2.05) is 18.4 Å². The Labute approximate surface area is 103 Å². The minimum Gasteiger partial charge on any atom is -0.294 e. The van der Waals surface area contributed by atoms with Gasteiger partial charge >= 0.3 is 0 Å². The van der Waals surface area contributed by atoms with E-state index in [1.165, 1.54) is 11.3 Å². The molecular formula is C12H10ClNOS.